The number of imidazole rings is 1. The maximum Gasteiger partial charge on any atom is 0.260 e. The maximum atomic E-state index is 12.5. The van der Waals surface area contributed by atoms with Crippen LogP contribution in [0, 0.1) is 6.92 Å². The highest BCUT2D eigenvalue weighted by atomic mass is 32.2. The molecule has 0 aliphatic carbocycles. The first-order valence-electron chi connectivity index (χ1n) is 6.30. The van der Waals surface area contributed by atoms with Gasteiger partial charge >= 0.3 is 0 Å². The molecule has 0 atom stereocenters. The van der Waals surface area contributed by atoms with Gasteiger partial charge in [0.2, 0.25) is 0 Å². The van der Waals surface area contributed by atoms with Crippen molar-refractivity contribution in [1.82, 2.24) is 14.3 Å². The number of rotatable bonds is 6. The largest absolute Gasteiger partial charge is 0.332 e. The number of hydrogen-bond acceptors (Lipinski definition) is 4. The van der Waals surface area contributed by atoms with Crippen LogP contribution in [0.5, 0.6) is 0 Å². The molecule has 1 aromatic carbocycles. The molecule has 0 aliphatic rings. The summed E-state index contributed by atoms with van der Waals surface area (Å²) in [5.41, 5.74) is 6.45. The summed E-state index contributed by atoms with van der Waals surface area (Å²) in [6.07, 6.45) is 1.33. The standard InChI is InChI=1S/C13H18N4O2S/c1-11-15-9-13(16-11)20(18,19)17(8-7-14)10-12-5-3-2-4-6-12/h2-6,9H,7-8,10,14H2,1H3,(H,15,16). The summed E-state index contributed by atoms with van der Waals surface area (Å²) < 4.78 is 26.4. The number of H-pyrrole nitrogens is 1. The van der Waals surface area contributed by atoms with Gasteiger partial charge in [-0.2, -0.15) is 4.31 Å². The number of hydrogen-bond donors (Lipinski definition) is 2. The highest BCUT2D eigenvalue weighted by Crippen LogP contribution is 2.16. The van der Waals surface area contributed by atoms with Crippen molar-refractivity contribution < 1.29 is 8.42 Å². The van der Waals surface area contributed by atoms with Gasteiger partial charge in [-0.05, 0) is 12.5 Å². The van der Waals surface area contributed by atoms with E-state index in [-0.39, 0.29) is 18.1 Å². The summed E-state index contributed by atoms with van der Waals surface area (Å²) in [7, 11) is -3.61. The third kappa shape index (κ3) is 3.24. The van der Waals surface area contributed by atoms with Crippen molar-refractivity contribution >= 4 is 10.0 Å². The Labute approximate surface area is 118 Å². The number of nitrogens with two attached hydrogens (primary N) is 1. The second-order valence-electron chi connectivity index (χ2n) is 4.45. The van der Waals surface area contributed by atoms with Crippen molar-refractivity contribution in [2.24, 2.45) is 5.73 Å². The minimum Gasteiger partial charge on any atom is -0.332 e. The van der Waals surface area contributed by atoms with Crippen LogP contribution in [0.2, 0.25) is 0 Å². The molecule has 0 unspecified atom stereocenters. The Kier molecular flexibility index (Phi) is 4.53. The van der Waals surface area contributed by atoms with Gasteiger partial charge in [0, 0.05) is 19.6 Å². The van der Waals surface area contributed by atoms with Gasteiger partial charge in [0.05, 0.1) is 6.20 Å². The Hall–Kier alpha value is -1.70. The third-order valence-electron chi connectivity index (χ3n) is 2.88. The van der Waals surface area contributed by atoms with E-state index in [1.165, 1.54) is 10.5 Å². The van der Waals surface area contributed by atoms with Crippen LogP contribution >= 0.6 is 0 Å². The molecule has 1 aromatic heterocycles. The van der Waals surface area contributed by atoms with Crippen molar-refractivity contribution in [3.63, 3.8) is 0 Å². The zero-order chi connectivity index (χ0) is 14.6. The van der Waals surface area contributed by atoms with Gasteiger partial charge in [0.25, 0.3) is 10.0 Å². The minimum atomic E-state index is -3.61. The molecule has 0 amide bonds. The van der Waals surface area contributed by atoms with Crippen LogP contribution in [0.3, 0.4) is 0 Å². The fourth-order valence-electron chi connectivity index (χ4n) is 1.88. The summed E-state index contributed by atoms with van der Waals surface area (Å²) in [5, 5.41) is 0.0966. The molecular formula is C13H18N4O2S. The summed E-state index contributed by atoms with van der Waals surface area (Å²) in [6, 6.07) is 9.42. The Morgan fingerprint density at radius 2 is 2.00 bits per heavy atom. The quantitative estimate of drug-likeness (QED) is 0.827. The molecule has 0 saturated heterocycles. The predicted molar refractivity (Wildman–Crippen MR) is 76.4 cm³/mol. The van der Waals surface area contributed by atoms with Gasteiger partial charge in [0.1, 0.15) is 5.82 Å². The number of aromatic amines is 1. The van der Waals surface area contributed by atoms with E-state index in [0.717, 1.165) is 5.56 Å². The normalized spacial score (nSPS) is 11.9. The zero-order valence-corrected chi connectivity index (χ0v) is 12.1. The predicted octanol–water partition coefficient (Wildman–Crippen LogP) is 0.868. The molecule has 20 heavy (non-hydrogen) atoms. The number of aryl methyl sites for hydroxylation is 1. The summed E-state index contributed by atoms with van der Waals surface area (Å²) in [5.74, 6) is 0.566. The average molecular weight is 294 g/mol. The molecule has 2 aromatic rings. The molecule has 0 bridgehead atoms. The van der Waals surface area contributed by atoms with Crippen molar-refractivity contribution in [2.75, 3.05) is 13.1 Å². The lowest BCUT2D eigenvalue weighted by molar-refractivity contribution is 0.412. The minimum absolute atomic E-state index is 0.0966. The van der Waals surface area contributed by atoms with Gasteiger partial charge in [0.15, 0.2) is 5.03 Å². The number of nitrogens with zero attached hydrogens (tertiary/aromatic N) is 2. The number of benzene rings is 1. The van der Waals surface area contributed by atoms with Crippen molar-refractivity contribution in [1.29, 1.82) is 0 Å². The average Bonchev–Trinajstić information content (AvgIpc) is 2.87. The second-order valence-corrected chi connectivity index (χ2v) is 6.35. The Bertz CT molecular complexity index is 652. The number of sulfonamides is 1. The molecule has 0 fully saturated rings. The van der Waals surface area contributed by atoms with E-state index in [4.69, 9.17) is 5.73 Å². The topological polar surface area (TPSA) is 92.1 Å². The molecule has 0 saturated carbocycles. The van der Waals surface area contributed by atoms with Crippen LogP contribution < -0.4 is 5.73 Å². The first-order valence-corrected chi connectivity index (χ1v) is 7.74. The Balaban J connectivity index is 2.28. The molecule has 6 nitrogen and oxygen atoms in total. The van der Waals surface area contributed by atoms with Gasteiger partial charge in [-0.1, -0.05) is 30.3 Å². The lowest BCUT2D eigenvalue weighted by Crippen LogP contribution is -2.35. The number of nitrogens with one attached hydrogen (secondary N) is 1. The van der Waals surface area contributed by atoms with Gasteiger partial charge < -0.3 is 10.7 Å². The Morgan fingerprint density at radius 3 is 2.55 bits per heavy atom. The summed E-state index contributed by atoms with van der Waals surface area (Å²) in [4.78, 5) is 6.70. The lowest BCUT2D eigenvalue weighted by atomic mass is 10.2. The van der Waals surface area contributed by atoms with Crippen molar-refractivity contribution in [3.05, 3.63) is 47.9 Å². The van der Waals surface area contributed by atoms with E-state index in [9.17, 15) is 8.42 Å². The molecule has 108 valence electrons. The summed E-state index contributed by atoms with van der Waals surface area (Å²) >= 11 is 0. The maximum absolute atomic E-state index is 12.5. The zero-order valence-electron chi connectivity index (χ0n) is 11.3. The first kappa shape index (κ1) is 14.7. The fourth-order valence-corrected chi connectivity index (χ4v) is 3.29. The monoisotopic (exact) mass is 294 g/mol. The van der Waals surface area contributed by atoms with E-state index in [1.807, 2.05) is 30.3 Å². The van der Waals surface area contributed by atoms with Crippen molar-refractivity contribution in [2.45, 2.75) is 18.5 Å². The number of aromatic nitrogens is 2. The Morgan fingerprint density at radius 1 is 1.30 bits per heavy atom. The smallest absolute Gasteiger partial charge is 0.260 e. The molecule has 7 heteroatoms. The third-order valence-corrected chi connectivity index (χ3v) is 4.63. The van der Waals surface area contributed by atoms with E-state index < -0.39 is 10.0 Å². The van der Waals surface area contributed by atoms with Crippen molar-refractivity contribution in [3.8, 4) is 0 Å². The van der Waals surface area contributed by atoms with Gasteiger partial charge in [-0.25, -0.2) is 13.4 Å². The highest BCUT2D eigenvalue weighted by Gasteiger charge is 2.25. The first-order chi connectivity index (χ1) is 9.54. The highest BCUT2D eigenvalue weighted by molar-refractivity contribution is 7.89. The molecule has 0 radical (unpaired) electrons. The van der Waals surface area contributed by atoms with Crippen LogP contribution in [-0.2, 0) is 16.6 Å². The molecule has 0 aliphatic heterocycles. The van der Waals surface area contributed by atoms with Crippen LogP contribution in [0.15, 0.2) is 41.6 Å². The van der Waals surface area contributed by atoms with E-state index in [2.05, 4.69) is 9.97 Å². The van der Waals surface area contributed by atoms with Gasteiger partial charge in [-0.15, -0.1) is 0 Å². The molecular weight excluding hydrogens is 276 g/mol. The molecule has 1 heterocycles. The van der Waals surface area contributed by atoms with Gasteiger partial charge in [-0.3, -0.25) is 0 Å². The second kappa shape index (κ2) is 6.17. The fraction of sp³-hybridized carbons (Fsp3) is 0.308. The van der Waals surface area contributed by atoms with Crippen LogP contribution in [0.25, 0.3) is 0 Å². The van der Waals surface area contributed by atoms with Crippen LogP contribution in [0.1, 0.15) is 11.4 Å². The summed E-state index contributed by atoms with van der Waals surface area (Å²) in [6.45, 7) is 2.52. The molecule has 0 spiro atoms. The van der Waals surface area contributed by atoms with Crippen LogP contribution in [0.4, 0.5) is 0 Å². The SMILES string of the molecule is Cc1ncc(S(=O)(=O)N(CCN)Cc2ccccc2)[nH]1. The lowest BCUT2D eigenvalue weighted by Gasteiger charge is -2.20. The molecule has 2 rings (SSSR count). The van der Waals surface area contributed by atoms with E-state index >= 15 is 0 Å². The molecule has 3 N–H and O–H groups in total. The van der Waals surface area contributed by atoms with E-state index in [0.29, 0.717) is 12.4 Å². The van der Waals surface area contributed by atoms with Crippen LogP contribution in [-0.4, -0.2) is 35.8 Å². The van der Waals surface area contributed by atoms with E-state index in [1.54, 1.807) is 6.92 Å².